The second-order valence-electron chi connectivity index (χ2n) is 3.58. The van der Waals surface area contributed by atoms with E-state index in [1.54, 1.807) is 13.8 Å². The van der Waals surface area contributed by atoms with Crippen molar-refractivity contribution in [3.8, 4) is 0 Å². The average Bonchev–Trinajstić information content (AvgIpc) is 2.14. The van der Waals surface area contributed by atoms with Gasteiger partial charge in [0.2, 0.25) is 15.0 Å². The zero-order chi connectivity index (χ0) is 13.2. The number of halogens is 1. The first-order chi connectivity index (χ1) is 7.70. The highest BCUT2D eigenvalue weighted by atomic mass is 35.5. The van der Waals surface area contributed by atoms with Crippen molar-refractivity contribution in [1.82, 2.24) is 9.97 Å². The number of rotatable bonds is 3. The molecule has 0 bridgehead atoms. The number of nitrogens with zero attached hydrogens (tertiary/aromatic N) is 2. The summed E-state index contributed by atoms with van der Waals surface area (Å²) in [6, 6.07) is 1.15. The number of hydrogen-bond acceptors (Lipinski definition) is 6. The third-order valence-electron chi connectivity index (χ3n) is 1.56. The Bertz CT molecular complexity index is 542. The van der Waals surface area contributed by atoms with Gasteiger partial charge in [-0.3, -0.25) is 0 Å². The minimum absolute atomic E-state index is 0.129. The lowest BCUT2D eigenvalue weighted by atomic mass is 10.4. The molecule has 0 N–H and O–H groups in total. The number of esters is 1. The molecular formula is C9H11ClN2O4S. The summed E-state index contributed by atoms with van der Waals surface area (Å²) in [7, 11) is -3.62. The standard InChI is InChI=1S/C9H11ClN2O4S/c1-5(2)16-8(13)6-4-7(10)12-9(11-6)17(3,14)15/h4-5H,1-3H3. The van der Waals surface area contributed by atoms with Gasteiger partial charge >= 0.3 is 5.97 Å². The molecule has 1 aromatic heterocycles. The molecule has 0 spiro atoms. The van der Waals surface area contributed by atoms with Crippen LogP contribution in [0.5, 0.6) is 0 Å². The predicted octanol–water partition coefficient (Wildman–Crippen LogP) is 1.10. The summed E-state index contributed by atoms with van der Waals surface area (Å²) in [4.78, 5) is 18.6. The summed E-state index contributed by atoms with van der Waals surface area (Å²) in [5.41, 5.74) is -0.181. The van der Waals surface area contributed by atoms with Gasteiger partial charge in [0, 0.05) is 12.3 Å². The van der Waals surface area contributed by atoms with Crippen LogP contribution in [-0.4, -0.2) is 36.7 Å². The van der Waals surface area contributed by atoms with Crippen LogP contribution in [0.15, 0.2) is 11.2 Å². The second kappa shape index (κ2) is 4.97. The van der Waals surface area contributed by atoms with Crippen LogP contribution < -0.4 is 0 Å². The molecule has 0 aliphatic heterocycles. The fourth-order valence-electron chi connectivity index (χ4n) is 0.942. The summed E-state index contributed by atoms with van der Waals surface area (Å²) >= 11 is 5.61. The zero-order valence-corrected chi connectivity index (χ0v) is 11.0. The number of hydrogen-bond donors (Lipinski definition) is 0. The Morgan fingerprint density at radius 3 is 2.47 bits per heavy atom. The van der Waals surface area contributed by atoms with Gasteiger partial charge in [0.15, 0.2) is 5.69 Å². The first-order valence-electron chi connectivity index (χ1n) is 4.66. The molecule has 1 rings (SSSR count). The molecule has 0 unspecified atom stereocenters. The summed E-state index contributed by atoms with van der Waals surface area (Å²) in [6.45, 7) is 3.33. The molecule has 0 saturated carbocycles. The Balaban J connectivity index is 3.19. The van der Waals surface area contributed by atoms with Gasteiger partial charge in [0.1, 0.15) is 5.15 Å². The van der Waals surface area contributed by atoms with Crippen molar-refractivity contribution in [2.75, 3.05) is 6.26 Å². The monoisotopic (exact) mass is 278 g/mol. The fourth-order valence-corrected chi connectivity index (χ4v) is 1.70. The van der Waals surface area contributed by atoms with Crippen molar-refractivity contribution in [2.45, 2.75) is 25.1 Å². The van der Waals surface area contributed by atoms with Gasteiger partial charge in [0.05, 0.1) is 6.10 Å². The van der Waals surface area contributed by atoms with E-state index in [2.05, 4.69) is 9.97 Å². The van der Waals surface area contributed by atoms with Gasteiger partial charge in [-0.05, 0) is 13.8 Å². The Labute approximate surface area is 104 Å². The van der Waals surface area contributed by atoms with Gasteiger partial charge in [-0.15, -0.1) is 0 Å². The minimum Gasteiger partial charge on any atom is -0.458 e. The SMILES string of the molecule is CC(C)OC(=O)c1cc(Cl)nc(S(C)(=O)=O)n1. The molecule has 0 aliphatic rings. The number of carbonyl (C=O) groups excluding carboxylic acids is 1. The highest BCUT2D eigenvalue weighted by Crippen LogP contribution is 2.12. The fraction of sp³-hybridized carbons (Fsp3) is 0.444. The van der Waals surface area contributed by atoms with Crippen LogP contribution in [0.3, 0.4) is 0 Å². The third kappa shape index (κ3) is 3.94. The lowest BCUT2D eigenvalue weighted by Crippen LogP contribution is -2.15. The maximum absolute atomic E-state index is 11.5. The van der Waals surface area contributed by atoms with E-state index in [1.807, 2.05) is 0 Å². The topological polar surface area (TPSA) is 86.2 Å². The van der Waals surface area contributed by atoms with Crippen molar-refractivity contribution in [3.63, 3.8) is 0 Å². The van der Waals surface area contributed by atoms with Crippen molar-refractivity contribution in [2.24, 2.45) is 0 Å². The molecule has 0 saturated heterocycles. The molecule has 0 atom stereocenters. The maximum Gasteiger partial charge on any atom is 0.357 e. The van der Waals surface area contributed by atoms with Gasteiger partial charge in [-0.2, -0.15) is 0 Å². The minimum atomic E-state index is -3.62. The van der Waals surface area contributed by atoms with E-state index in [-0.39, 0.29) is 17.0 Å². The van der Waals surface area contributed by atoms with Crippen LogP contribution in [-0.2, 0) is 14.6 Å². The lowest BCUT2D eigenvalue weighted by molar-refractivity contribution is 0.0369. The van der Waals surface area contributed by atoms with E-state index < -0.39 is 21.0 Å². The zero-order valence-electron chi connectivity index (χ0n) is 9.47. The molecular weight excluding hydrogens is 268 g/mol. The quantitative estimate of drug-likeness (QED) is 0.467. The van der Waals surface area contributed by atoms with Crippen LogP contribution >= 0.6 is 11.6 Å². The van der Waals surface area contributed by atoms with E-state index in [1.165, 1.54) is 0 Å². The van der Waals surface area contributed by atoms with Gasteiger partial charge in [-0.1, -0.05) is 11.6 Å². The van der Waals surface area contributed by atoms with Crippen molar-refractivity contribution < 1.29 is 17.9 Å². The number of sulfone groups is 1. The van der Waals surface area contributed by atoms with Crippen molar-refractivity contribution in [1.29, 1.82) is 0 Å². The molecule has 17 heavy (non-hydrogen) atoms. The summed E-state index contributed by atoms with van der Waals surface area (Å²) in [5.74, 6) is -0.741. The Kier molecular flexibility index (Phi) is 4.05. The number of ether oxygens (including phenoxy) is 1. The molecule has 1 aromatic rings. The maximum atomic E-state index is 11.5. The highest BCUT2D eigenvalue weighted by molar-refractivity contribution is 7.90. The Morgan fingerprint density at radius 1 is 1.41 bits per heavy atom. The summed E-state index contributed by atoms with van der Waals surface area (Å²) in [5, 5.41) is -0.628. The predicted molar refractivity (Wildman–Crippen MR) is 60.7 cm³/mol. The molecule has 0 aliphatic carbocycles. The molecule has 94 valence electrons. The molecule has 0 fully saturated rings. The van der Waals surface area contributed by atoms with Crippen LogP contribution in [0.1, 0.15) is 24.3 Å². The highest BCUT2D eigenvalue weighted by Gasteiger charge is 2.18. The number of aromatic nitrogens is 2. The Hall–Kier alpha value is -1.21. The van der Waals surface area contributed by atoms with E-state index >= 15 is 0 Å². The largest absolute Gasteiger partial charge is 0.458 e. The molecule has 0 amide bonds. The summed E-state index contributed by atoms with van der Waals surface area (Å²) in [6.07, 6.45) is 0.592. The lowest BCUT2D eigenvalue weighted by Gasteiger charge is -2.07. The van der Waals surface area contributed by atoms with E-state index in [0.29, 0.717) is 0 Å². The van der Waals surface area contributed by atoms with E-state index in [0.717, 1.165) is 12.3 Å². The van der Waals surface area contributed by atoms with Crippen LogP contribution in [0.2, 0.25) is 5.15 Å². The number of carbonyl (C=O) groups is 1. The first-order valence-corrected chi connectivity index (χ1v) is 6.92. The van der Waals surface area contributed by atoms with Crippen molar-refractivity contribution >= 4 is 27.4 Å². The van der Waals surface area contributed by atoms with Crippen LogP contribution in [0.25, 0.3) is 0 Å². The molecule has 1 heterocycles. The second-order valence-corrected chi connectivity index (χ2v) is 5.88. The summed E-state index contributed by atoms with van der Waals surface area (Å²) < 4.78 is 27.4. The van der Waals surface area contributed by atoms with Gasteiger partial charge in [0.25, 0.3) is 0 Å². The average molecular weight is 279 g/mol. The first kappa shape index (κ1) is 13.9. The normalized spacial score (nSPS) is 11.6. The third-order valence-corrected chi connectivity index (χ3v) is 2.60. The molecule has 0 radical (unpaired) electrons. The van der Waals surface area contributed by atoms with Crippen molar-refractivity contribution in [3.05, 3.63) is 16.9 Å². The molecule has 0 aromatic carbocycles. The van der Waals surface area contributed by atoms with E-state index in [4.69, 9.17) is 16.3 Å². The van der Waals surface area contributed by atoms with Gasteiger partial charge in [-0.25, -0.2) is 23.2 Å². The van der Waals surface area contributed by atoms with Gasteiger partial charge < -0.3 is 4.74 Å². The van der Waals surface area contributed by atoms with E-state index in [9.17, 15) is 13.2 Å². The van der Waals surface area contributed by atoms with Crippen LogP contribution in [0, 0.1) is 0 Å². The Morgan fingerprint density at radius 2 is 2.00 bits per heavy atom. The molecule has 8 heteroatoms. The smallest absolute Gasteiger partial charge is 0.357 e. The molecule has 6 nitrogen and oxygen atoms in total. The van der Waals surface area contributed by atoms with Crippen LogP contribution in [0.4, 0.5) is 0 Å².